The average molecular weight is 319 g/mol. The van der Waals surface area contributed by atoms with Crippen molar-refractivity contribution in [1.29, 1.82) is 0 Å². The molecule has 0 N–H and O–H groups in total. The standard InChI is InChI=1S/C19H17N3O2/c1-3-4-8-11-24-19(23)15-12-17-14(2)21-22(18(17)20-13-15)16-9-6-5-7-10-16/h1,5-7,9-10,12-13H,4,8,11H2,2H3. The zero-order chi connectivity index (χ0) is 16.9. The molecule has 0 spiro atoms. The Bertz CT molecular complexity index is 908. The maximum absolute atomic E-state index is 12.1. The summed E-state index contributed by atoms with van der Waals surface area (Å²) in [6, 6.07) is 11.5. The number of fused-ring (bicyclic) bond motifs is 1. The zero-order valence-electron chi connectivity index (χ0n) is 13.4. The van der Waals surface area contributed by atoms with Crippen LogP contribution in [0.25, 0.3) is 16.7 Å². The highest BCUT2D eigenvalue weighted by Gasteiger charge is 2.14. The van der Waals surface area contributed by atoms with E-state index in [1.165, 1.54) is 6.20 Å². The van der Waals surface area contributed by atoms with Crippen LogP contribution < -0.4 is 0 Å². The van der Waals surface area contributed by atoms with Crippen LogP contribution in [0.2, 0.25) is 0 Å². The van der Waals surface area contributed by atoms with Crippen LogP contribution in [-0.4, -0.2) is 27.3 Å². The van der Waals surface area contributed by atoms with E-state index in [9.17, 15) is 4.79 Å². The Kier molecular flexibility index (Phi) is 4.57. The summed E-state index contributed by atoms with van der Waals surface area (Å²) in [5, 5.41) is 5.36. The number of benzene rings is 1. The van der Waals surface area contributed by atoms with Crippen LogP contribution >= 0.6 is 0 Å². The summed E-state index contributed by atoms with van der Waals surface area (Å²) in [7, 11) is 0. The number of carbonyl (C=O) groups is 1. The fourth-order valence-electron chi connectivity index (χ4n) is 2.43. The number of para-hydroxylation sites is 1. The topological polar surface area (TPSA) is 57.0 Å². The van der Waals surface area contributed by atoms with Crippen molar-refractivity contribution in [3.05, 3.63) is 53.9 Å². The van der Waals surface area contributed by atoms with Crippen molar-refractivity contribution in [2.24, 2.45) is 0 Å². The highest BCUT2D eigenvalue weighted by atomic mass is 16.5. The average Bonchev–Trinajstić information content (AvgIpc) is 2.96. The van der Waals surface area contributed by atoms with E-state index in [1.54, 1.807) is 10.7 Å². The number of terminal acetylenes is 1. The van der Waals surface area contributed by atoms with Gasteiger partial charge in [-0.25, -0.2) is 14.5 Å². The van der Waals surface area contributed by atoms with Crippen LogP contribution in [0, 0.1) is 19.3 Å². The normalized spacial score (nSPS) is 10.5. The molecule has 5 nitrogen and oxygen atoms in total. The highest BCUT2D eigenvalue weighted by Crippen LogP contribution is 2.21. The van der Waals surface area contributed by atoms with Gasteiger partial charge in [-0.2, -0.15) is 5.10 Å². The number of unbranched alkanes of at least 4 members (excludes halogenated alkanes) is 1. The Balaban J connectivity index is 1.89. The second-order valence-electron chi connectivity index (χ2n) is 5.37. The summed E-state index contributed by atoms with van der Waals surface area (Å²) in [5.74, 6) is 2.12. The maximum atomic E-state index is 12.1. The van der Waals surface area contributed by atoms with Crippen molar-refractivity contribution < 1.29 is 9.53 Å². The molecule has 0 aliphatic heterocycles. The van der Waals surface area contributed by atoms with Gasteiger partial charge in [-0.05, 0) is 31.5 Å². The van der Waals surface area contributed by atoms with E-state index in [0.717, 1.165) is 16.8 Å². The molecule has 3 rings (SSSR count). The molecule has 0 amide bonds. The monoisotopic (exact) mass is 319 g/mol. The predicted octanol–water partition coefficient (Wildman–Crippen LogP) is 3.30. The molecule has 0 atom stereocenters. The quantitative estimate of drug-likeness (QED) is 0.411. The molecule has 0 saturated carbocycles. The van der Waals surface area contributed by atoms with Crippen molar-refractivity contribution in [3.8, 4) is 18.0 Å². The lowest BCUT2D eigenvalue weighted by Gasteiger charge is -2.04. The molecule has 0 bridgehead atoms. The molecule has 0 radical (unpaired) electrons. The fraction of sp³-hybridized carbons (Fsp3) is 0.211. The van der Waals surface area contributed by atoms with Gasteiger partial charge in [-0.3, -0.25) is 0 Å². The number of aromatic nitrogens is 3. The van der Waals surface area contributed by atoms with Gasteiger partial charge in [0.15, 0.2) is 5.65 Å². The molecule has 1 aromatic carbocycles. The van der Waals surface area contributed by atoms with Crippen LogP contribution in [0.3, 0.4) is 0 Å². The second-order valence-corrected chi connectivity index (χ2v) is 5.37. The van der Waals surface area contributed by atoms with Gasteiger partial charge >= 0.3 is 5.97 Å². The SMILES string of the molecule is C#CCCCOC(=O)c1cnc2c(c1)c(C)nn2-c1ccccc1. The molecule has 120 valence electrons. The van der Waals surface area contributed by atoms with E-state index in [0.29, 0.717) is 30.7 Å². The van der Waals surface area contributed by atoms with Gasteiger partial charge in [0, 0.05) is 18.0 Å². The lowest BCUT2D eigenvalue weighted by molar-refractivity contribution is 0.0501. The van der Waals surface area contributed by atoms with Crippen molar-refractivity contribution in [2.45, 2.75) is 19.8 Å². The zero-order valence-corrected chi connectivity index (χ0v) is 13.4. The van der Waals surface area contributed by atoms with Crippen LogP contribution in [0.5, 0.6) is 0 Å². The molecule has 24 heavy (non-hydrogen) atoms. The predicted molar refractivity (Wildman–Crippen MR) is 92.0 cm³/mol. The summed E-state index contributed by atoms with van der Waals surface area (Å²) in [6.45, 7) is 2.20. The molecular weight excluding hydrogens is 302 g/mol. The van der Waals surface area contributed by atoms with Crippen LogP contribution in [0.4, 0.5) is 0 Å². The minimum absolute atomic E-state index is 0.309. The van der Waals surface area contributed by atoms with Gasteiger partial charge in [0.05, 0.1) is 23.6 Å². The maximum Gasteiger partial charge on any atom is 0.339 e. The fourth-order valence-corrected chi connectivity index (χ4v) is 2.43. The third kappa shape index (κ3) is 3.13. The second kappa shape index (κ2) is 6.97. The minimum Gasteiger partial charge on any atom is -0.462 e. The van der Waals surface area contributed by atoms with Gasteiger partial charge in [-0.15, -0.1) is 12.3 Å². The number of hydrogen-bond acceptors (Lipinski definition) is 4. The van der Waals surface area contributed by atoms with Crippen molar-refractivity contribution in [3.63, 3.8) is 0 Å². The number of rotatable bonds is 5. The van der Waals surface area contributed by atoms with E-state index >= 15 is 0 Å². The molecule has 0 aliphatic rings. The third-order valence-electron chi connectivity index (χ3n) is 3.64. The summed E-state index contributed by atoms with van der Waals surface area (Å²) < 4.78 is 6.98. The van der Waals surface area contributed by atoms with Crippen molar-refractivity contribution >= 4 is 17.0 Å². The number of esters is 1. The number of aryl methyl sites for hydroxylation is 1. The van der Waals surface area contributed by atoms with E-state index < -0.39 is 5.97 Å². The molecule has 3 aromatic rings. The lowest BCUT2D eigenvalue weighted by atomic mass is 10.2. The number of ether oxygens (including phenoxy) is 1. The highest BCUT2D eigenvalue weighted by molar-refractivity contribution is 5.94. The molecule has 2 aromatic heterocycles. The molecule has 0 aliphatic carbocycles. The van der Waals surface area contributed by atoms with Gasteiger partial charge in [0.1, 0.15) is 0 Å². The molecular formula is C19H17N3O2. The first-order valence-electron chi connectivity index (χ1n) is 7.72. The first-order chi connectivity index (χ1) is 11.7. The van der Waals surface area contributed by atoms with E-state index in [2.05, 4.69) is 16.0 Å². The summed E-state index contributed by atoms with van der Waals surface area (Å²) >= 11 is 0. The Hall–Kier alpha value is -3.13. The Morgan fingerprint density at radius 3 is 2.88 bits per heavy atom. The number of pyridine rings is 1. The first-order valence-corrected chi connectivity index (χ1v) is 7.72. The number of hydrogen-bond donors (Lipinski definition) is 0. The van der Waals surface area contributed by atoms with Crippen LogP contribution in [0.15, 0.2) is 42.6 Å². The Morgan fingerprint density at radius 1 is 1.33 bits per heavy atom. The lowest BCUT2D eigenvalue weighted by Crippen LogP contribution is -2.07. The molecule has 5 heteroatoms. The Morgan fingerprint density at radius 2 is 2.12 bits per heavy atom. The largest absolute Gasteiger partial charge is 0.462 e. The van der Waals surface area contributed by atoms with E-state index in [1.807, 2.05) is 37.3 Å². The van der Waals surface area contributed by atoms with Gasteiger partial charge in [-0.1, -0.05) is 18.2 Å². The summed E-state index contributed by atoms with van der Waals surface area (Å²) in [5.41, 5.74) is 2.86. The third-order valence-corrected chi connectivity index (χ3v) is 3.64. The van der Waals surface area contributed by atoms with Crippen molar-refractivity contribution in [2.75, 3.05) is 6.61 Å². The summed E-state index contributed by atoms with van der Waals surface area (Å²) in [6.07, 6.45) is 7.94. The number of carbonyl (C=O) groups excluding carboxylic acids is 1. The minimum atomic E-state index is -0.395. The molecule has 2 heterocycles. The first kappa shape index (κ1) is 15.8. The molecule has 0 saturated heterocycles. The van der Waals surface area contributed by atoms with Gasteiger partial charge < -0.3 is 4.74 Å². The van der Waals surface area contributed by atoms with E-state index in [-0.39, 0.29) is 0 Å². The van der Waals surface area contributed by atoms with Crippen molar-refractivity contribution in [1.82, 2.24) is 14.8 Å². The molecule has 0 unspecified atom stereocenters. The Labute approximate surface area is 140 Å². The van der Waals surface area contributed by atoms with Gasteiger partial charge in [0.2, 0.25) is 0 Å². The smallest absolute Gasteiger partial charge is 0.339 e. The summed E-state index contributed by atoms with van der Waals surface area (Å²) in [4.78, 5) is 16.5. The number of nitrogens with zero attached hydrogens (tertiary/aromatic N) is 3. The van der Waals surface area contributed by atoms with E-state index in [4.69, 9.17) is 11.2 Å². The van der Waals surface area contributed by atoms with Crippen LogP contribution in [0.1, 0.15) is 28.9 Å². The van der Waals surface area contributed by atoms with Crippen LogP contribution in [-0.2, 0) is 4.74 Å². The van der Waals surface area contributed by atoms with Gasteiger partial charge in [0.25, 0.3) is 0 Å². The molecule has 0 fully saturated rings.